The molecule has 0 bridgehead atoms. The summed E-state index contributed by atoms with van der Waals surface area (Å²) in [5, 5.41) is 21.6. The highest BCUT2D eigenvalue weighted by Crippen LogP contribution is 2.29. The number of rotatable bonds is 4. The quantitative estimate of drug-likeness (QED) is 0.762. The second-order valence-electron chi connectivity index (χ2n) is 3.11. The van der Waals surface area contributed by atoms with Crippen LogP contribution in [0.5, 0.6) is 0 Å². The lowest BCUT2D eigenvalue weighted by Crippen LogP contribution is -2.35. The van der Waals surface area contributed by atoms with Crippen LogP contribution in [-0.2, 0) is 9.59 Å². The summed E-state index contributed by atoms with van der Waals surface area (Å²) < 4.78 is 0. The number of hydrogen-bond donors (Lipinski definition) is 0. The summed E-state index contributed by atoms with van der Waals surface area (Å²) in [4.78, 5) is 21.2. The molecule has 0 aromatic heterocycles. The van der Waals surface area contributed by atoms with Crippen LogP contribution in [0.25, 0.3) is 0 Å². The van der Waals surface area contributed by atoms with Gasteiger partial charge in [0.15, 0.2) is 0 Å². The molecule has 0 aliphatic rings. The summed E-state index contributed by atoms with van der Waals surface area (Å²) in [6.45, 7) is 0. The Kier molecular flexibility index (Phi) is 4.15. The zero-order valence-corrected chi connectivity index (χ0v) is 9.42. The SMILES string of the molecule is O=C([O-])C[C@H](C(=O)[O-])c1ccc(Cl)cc1Cl. The molecule has 0 saturated carbocycles. The molecule has 0 aliphatic carbocycles. The molecular formula is C10H6Cl2O4-2. The number of aliphatic carboxylic acids is 2. The maximum Gasteiger partial charge on any atom is 0.0493 e. The molecule has 6 heteroatoms. The molecule has 16 heavy (non-hydrogen) atoms. The van der Waals surface area contributed by atoms with Crippen molar-refractivity contribution in [2.45, 2.75) is 12.3 Å². The van der Waals surface area contributed by atoms with Crippen molar-refractivity contribution < 1.29 is 19.8 Å². The van der Waals surface area contributed by atoms with Crippen LogP contribution in [-0.4, -0.2) is 11.9 Å². The van der Waals surface area contributed by atoms with Gasteiger partial charge in [-0.3, -0.25) is 0 Å². The fourth-order valence-electron chi connectivity index (χ4n) is 1.27. The van der Waals surface area contributed by atoms with Crippen LogP contribution in [0.2, 0.25) is 10.0 Å². The zero-order valence-electron chi connectivity index (χ0n) is 7.91. The summed E-state index contributed by atoms with van der Waals surface area (Å²) in [5.41, 5.74) is 0.148. The molecule has 0 aliphatic heterocycles. The molecule has 1 rings (SSSR count). The van der Waals surface area contributed by atoms with E-state index in [1.54, 1.807) is 0 Å². The fraction of sp³-hybridized carbons (Fsp3) is 0.200. The van der Waals surface area contributed by atoms with Gasteiger partial charge < -0.3 is 19.8 Å². The predicted octanol–water partition coefficient (Wildman–Crippen LogP) is -0.0331. The molecule has 0 saturated heterocycles. The number of carboxylic acid groups (broad SMARTS) is 2. The van der Waals surface area contributed by atoms with Gasteiger partial charge in [0.2, 0.25) is 0 Å². The average molecular weight is 261 g/mol. The summed E-state index contributed by atoms with van der Waals surface area (Å²) in [6, 6.07) is 4.12. The maximum atomic E-state index is 10.8. The van der Waals surface area contributed by atoms with Crippen LogP contribution < -0.4 is 10.2 Å². The van der Waals surface area contributed by atoms with E-state index in [9.17, 15) is 19.8 Å². The van der Waals surface area contributed by atoms with Gasteiger partial charge in [-0.15, -0.1) is 0 Å². The first-order valence-electron chi connectivity index (χ1n) is 4.27. The highest BCUT2D eigenvalue weighted by molar-refractivity contribution is 6.35. The fourth-order valence-corrected chi connectivity index (χ4v) is 1.81. The highest BCUT2D eigenvalue weighted by atomic mass is 35.5. The second-order valence-corrected chi connectivity index (χ2v) is 3.96. The standard InChI is InChI=1S/C10H8Cl2O4/c11-5-1-2-6(8(12)3-5)7(10(15)16)4-9(13)14/h1-3,7H,4H2,(H,13,14)(H,15,16)/p-2/t7-/m0/s1. The number of carboxylic acids is 2. The van der Waals surface area contributed by atoms with Gasteiger partial charge in [-0.25, -0.2) is 0 Å². The largest absolute Gasteiger partial charge is 0.550 e. The molecule has 0 unspecified atom stereocenters. The lowest BCUT2D eigenvalue weighted by atomic mass is 9.96. The summed E-state index contributed by atoms with van der Waals surface area (Å²) in [6.07, 6.45) is -0.691. The Labute approximate surface area is 101 Å². The van der Waals surface area contributed by atoms with Crippen molar-refractivity contribution in [3.63, 3.8) is 0 Å². The van der Waals surface area contributed by atoms with E-state index in [0.29, 0.717) is 5.02 Å². The molecular weight excluding hydrogens is 255 g/mol. The zero-order chi connectivity index (χ0) is 12.3. The molecule has 0 amide bonds. The maximum absolute atomic E-state index is 10.8. The number of benzene rings is 1. The first-order valence-corrected chi connectivity index (χ1v) is 5.03. The normalized spacial score (nSPS) is 12.1. The summed E-state index contributed by atoms with van der Waals surface area (Å²) >= 11 is 11.4. The monoisotopic (exact) mass is 260 g/mol. The molecule has 1 aromatic carbocycles. The molecule has 0 radical (unpaired) electrons. The van der Waals surface area contributed by atoms with E-state index < -0.39 is 24.3 Å². The smallest absolute Gasteiger partial charge is 0.0493 e. The van der Waals surface area contributed by atoms with Gasteiger partial charge >= 0.3 is 0 Å². The predicted molar refractivity (Wildman–Crippen MR) is 53.8 cm³/mol. The third kappa shape index (κ3) is 3.12. The van der Waals surface area contributed by atoms with Crippen molar-refractivity contribution >= 4 is 35.1 Å². The average Bonchev–Trinajstić information content (AvgIpc) is 2.14. The van der Waals surface area contributed by atoms with Gasteiger partial charge in [-0.2, -0.15) is 0 Å². The Morgan fingerprint density at radius 3 is 2.31 bits per heavy atom. The van der Waals surface area contributed by atoms with Crippen LogP contribution in [0, 0.1) is 0 Å². The third-order valence-corrected chi connectivity index (χ3v) is 2.56. The Hall–Kier alpha value is -1.26. The van der Waals surface area contributed by atoms with E-state index in [1.165, 1.54) is 18.2 Å². The Morgan fingerprint density at radius 1 is 1.25 bits per heavy atom. The molecule has 4 nitrogen and oxygen atoms in total. The minimum Gasteiger partial charge on any atom is -0.550 e. The van der Waals surface area contributed by atoms with E-state index in [4.69, 9.17) is 23.2 Å². The van der Waals surface area contributed by atoms with Crippen molar-refractivity contribution in [3.05, 3.63) is 33.8 Å². The van der Waals surface area contributed by atoms with Crippen molar-refractivity contribution in [3.8, 4) is 0 Å². The number of carbonyl (C=O) groups is 2. The topological polar surface area (TPSA) is 80.3 Å². The van der Waals surface area contributed by atoms with E-state index >= 15 is 0 Å². The lowest BCUT2D eigenvalue weighted by Gasteiger charge is -2.20. The van der Waals surface area contributed by atoms with Crippen molar-refractivity contribution in [2.75, 3.05) is 0 Å². The van der Waals surface area contributed by atoms with Crippen molar-refractivity contribution in [1.82, 2.24) is 0 Å². The molecule has 0 N–H and O–H groups in total. The van der Waals surface area contributed by atoms with Crippen molar-refractivity contribution in [1.29, 1.82) is 0 Å². The highest BCUT2D eigenvalue weighted by Gasteiger charge is 2.16. The van der Waals surface area contributed by atoms with Crippen LogP contribution >= 0.6 is 23.2 Å². The minimum atomic E-state index is -1.52. The van der Waals surface area contributed by atoms with Gasteiger partial charge in [-0.05, 0) is 24.1 Å². The first kappa shape index (κ1) is 12.8. The van der Waals surface area contributed by atoms with Gasteiger partial charge in [0.05, 0.1) is 0 Å². The summed E-state index contributed by atoms with van der Waals surface area (Å²) in [5.74, 6) is -4.34. The van der Waals surface area contributed by atoms with Crippen LogP contribution in [0.3, 0.4) is 0 Å². The van der Waals surface area contributed by atoms with Gasteiger partial charge in [0.25, 0.3) is 0 Å². The van der Waals surface area contributed by atoms with Crippen molar-refractivity contribution in [2.24, 2.45) is 0 Å². The van der Waals surface area contributed by atoms with Crippen LogP contribution in [0.15, 0.2) is 18.2 Å². The molecule has 1 atom stereocenters. The minimum absolute atomic E-state index is 0.0861. The molecule has 0 heterocycles. The summed E-state index contributed by atoms with van der Waals surface area (Å²) in [7, 11) is 0. The van der Waals surface area contributed by atoms with E-state index in [0.717, 1.165) is 0 Å². The Bertz CT molecular complexity index is 431. The number of halogens is 2. The van der Waals surface area contributed by atoms with Gasteiger partial charge in [0, 0.05) is 27.9 Å². The number of carbonyl (C=O) groups excluding carboxylic acids is 2. The van der Waals surface area contributed by atoms with Gasteiger partial charge in [0.1, 0.15) is 0 Å². The number of hydrogen-bond acceptors (Lipinski definition) is 4. The van der Waals surface area contributed by atoms with E-state index in [2.05, 4.69) is 0 Å². The molecule has 0 spiro atoms. The van der Waals surface area contributed by atoms with E-state index in [-0.39, 0.29) is 10.6 Å². The Balaban J connectivity index is 3.10. The first-order chi connectivity index (χ1) is 7.41. The molecule has 86 valence electrons. The lowest BCUT2D eigenvalue weighted by molar-refractivity contribution is -0.317. The van der Waals surface area contributed by atoms with Gasteiger partial charge in [-0.1, -0.05) is 29.3 Å². The molecule has 0 fully saturated rings. The van der Waals surface area contributed by atoms with Crippen LogP contribution in [0.1, 0.15) is 17.9 Å². The third-order valence-electron chi connectivity index (χ3n) is 1.99. The van der Waals surface area contributed by atoms with Crippen LogP contribution in [0.4, 0.5) is 0 Å². The molecule has 1 aromatic rings. The second kappa shape index (κ2) is 5.18. The van der Waals surface area contributed by atoms with E-state index in [1.807, 2.05) is 0 Å². The Morgan fingerprint density at radius 2 is 1.88 bits per heavy atom.